The molecule has 1 saturated carbocycles. The lowest BCUT2D eigenvalue weighted by molar-refractivity contribution is -0.122. The van der Waals surface area contributed by atoms with E-state index in [-0.39, 0.29) is 23.9 Å². The van der Waals surface area contributed by atoms with Gasteiger partial charge in [-0.3, -0.25) is 9.36 Å². The first-order chi connectivity index (χ1) is 16.3. The second kappa shape index (κ2) is 10.5. The normalized spacial score (nSPS) is 19.2. The van der Waals surface area contributed by atoms with E-state index in [1.54, 1.807) is 25.4 Å². The lowest BCUT2D eigenvalue weighted by Crippen LogP contribution is -2.29. The fraction of sp³-hybridized carbons (Fsp3) is 0.455. The van der Waals surface area contributed by atoms with Gasteiger partial charge in [-0.05, 0) is 44.7 Å². The summed E-state index contributed by atoms with van der Waals surface area (Å²) in [6.45, 7) is 2.50. The molecule has 0 aliphatic heterocycles. The zero-order chi connectivity index (χ0) is 24.4. The molecule has 1 aliphatic carbocycles. The molecule has 1 aliphatic rings. The van der Waals surface area contributed by atoms with Crippen LogP contribution in [0.25, 0.3) is 11.2 Å². The number of nitrogens with one attached hydrogen (secondary N) is 2. The number of ether oxygens (including phenoxy) is 1. The molecule has 2 aromatic heterocycles. The first-order valence-corrected chi connectivity index (χ1v) is 12.1. The standard InChI is InChI=1S/C22H26Cl3N7O2/c1-11(10-34-2)28-21-27-9-17-20(31-21)32(14-5-3-12(4-6-14)19(26)33)22(29-17)30-18-15(24)7-13(23)8-16(18)25/h7-9,11-12,14H,3-6,10H2,1-2H3,(H2,26,33)(H,29,30)(H,27,28,31)/t11-,12-,14-/m0/s1. The van der Waals surface area contributed by atoms with Crippen LogP contribution in [0.2, 0.25) is 15.1 Å². The van der Waals surface area contributed by atoms with Gasteiger partial charge in [0.1, 0.15) is 5.52 Å². The van der Waals surface area contributed by atoms with Gasteiger partial charge in [0.2, 0.25) is 17.8 Å². The summed E-state index contributed by atoms with van der Waals surface area (Å²) in [5.74, 6) is 0.621. The number of aromatic nitrogens is 4. The van der Waals surface area contributed by atoms with Crippen molar-refractivity contribution < 1.29 is 9.53 Å². The van der Waals surface area contributed by atoms with Gasteiger partial charge in [0.05, 0.1) is 28.5 Å². The number of fused-ring (bicyclic) bond motifs is 1. The average Bonchev–Trinajstić information content (AvgIpc) is 3.13. The molecule has 182 valence electrons. The highest BCUT2D eigenvalue weighted by Crippen LogP contribution is 2.40. The van der Waals surface area contributed by atoms with Crippen LogP contribution in [0, 0.1) is 5.92 Å². The van der Waals surface area contributed by atoms with Gasteiger partial charge in [0.15, 0.2) is 5.65 Å². The van der Waals surface area contributed by atoms with Gasteiger partial charge in [-0.15, -0.1) is 0 Å². The number of nitrogens with zero attached hydrogens (tertiary/aromatic N) is 4. The van der Waals surface area contributed by atoms with E-state index < -0.39 is 0 Å². The third kappa shape index (κ3) is 5.33. The molecule has 0 bridgehead atoms. The van der Waals surface area contributed by atoms with Crippen molar-refractivity contribution in [2.45, 2.75) is 44.7 Å². The van der Waals surface area contributed by atoms with Crippen LogP contribution in [0.5, 0.6) is 0 Å². The van der Waals surface area contributed by atoms with Crippen LogP contribution in [-0.2, 0) is 9.53 Å². The van der Waals surface area contributed by atoms with Crippen molar-refractivity contribution in [3.8, 4) is 0 Å². The van der Waals surface area contributed by atoms with Crippen molar-refractivity contribution >= 4 is 69.5 Å². The van der Waals surface area contributed by atoms with Crippen molar-refractivity contribution in [1.29, 1.82) is 0 Å². The number of hydrogen-bond acceptors (Lipinski definition) is 7. The minimum atomic E-state index is -0.257. The summed E-state index contributed by atoms with van der Waals surface area (Å²) in [7, 11) is 1.64. The Morgan fingerprint density at radius 2 is 1.88 bits per heavy atom. The van der Waals surface area contributed by atoms with E-state index in [0.29, 0.717) is 63.3 Å². The average molecular weight is 527 g/mol. The predicted octanol–water partition coefficient (Wildman–Crippen LogP) is 5.19. The van der Waals surface area contributed by atoms with Crippen molar-refractivity contribution in [2.75, 3.05) is 24.4 Å². The first-order valence-electron chi connectivity index (χ1n) is 11.0. The molecule has 0 unspecified atom stereocenters. The summed E-state index contributed by atoms with van der Waals surface area (Å²) < 4.78 is 7.22. The molecular weight excluding hydrogens is 501 g/mol. The quantitative estimate of drug-likeness (QED) is 0.369. The van der Waals surface area contributed by atoms with E-state index in [1.165, 1.54) is 0 Å². The zero-order valence-corrected chi connectivity index (χ0v) is 21.1. The highest BCUT2D eigenvalue weighted by Gasteiger charge is 2.29. The van der Waals surface area contributed by atoms with E-state index in [1.807, 2.05) is 11.5 Å². The molecule has 1 aromatic carbocycles. The van der Waals surface area contributed by atoms with Crippen LogP contribution < -0.4 is 16.4 Å². The SMILES string of the molecule is COC[C@H](C)Nc1ncc2nc(Nc3c(Cl)cc(Cl)cc3Cl)n([C@H]3CC[C@H](C(N)=O)CC3)c2n1. The highest BCUT2D eigenvalue weighted by atomic mass is 35.5. The van der Waals surface area contributed by atoms with Gasteiger partial charge in [-0.2, -0.15) is 4.98 Å². The Kier molecular flexibility index (Phi) is 7.67. The van der Waals surface area contributed by atoms with Gasteiger partial charge >= 0.3 is 0 Å². The summed E-state index contributed by atoms with van der Waals surface area (Å²) in [5, 5.41) is 7.69. The second-order valence-corrected chi connectivity index (χ2v) is 9.74. The van der Waals surface area contributed by atoms with Gasteiger partial charge in [0, 0.05) is 30.1 Å². The summed E-state index contributed by atoms with van der Waals surface area (Å²) in [5.41, 5.74) is 7.31. The second-order valence-electron chi connectivity index (χ2n) is 8.49. The van der Waals surface area contributed by atoms with Crippen LogP contribution in [-0.4, -0.2) is 45.2 Å². The third-order valence-corrected chi connectivity index (χ3v) is 6.75. The molecule has 1 fully saturated rings. The van der Waals surface area contributed by atoms with Gasteiger partial charge < -0.3 is 21.1 Å². The van der Waals surface area contributed by atoms with E-state index in [9.17, 15) is 4.79 Å². The maximum Gasteiger partial charge on any atom is 0.225 e. The molecule has 3 aromatic rings. The fourth-order valence-electron chi connectivity index (χ4n) is 4.30. The molecule has 9 nitrogen and oxygen atoms in total. The third-order valence-electron chi connectivity index (χ3n) is 5.93. The molecule has 4 rings (SSSR count). The van der Waals surface area contributed by atoms with E-state index in [4.69, 9.17) is 55.2 Å². The Morgan fingerprint density at radius 1 is 1.21 bits per heavy atom. The smallest absolute Gasteiger partial charge is 0.225 e. The molecule has 12 heteroatoms. The number of primary amides is 1. The number of nitrogens with two attached hydrogens (primary N) is 1. The van der Waals surface area contributed by atoms with Crippen LogP contribution in [0.3, 0.4) is 0 Å². The van der Waals surface area contributed by atoms with E-state index in [2.05, 4.69) is 15.6 Å². The summed E-state index contributed by atoms with van der Waals surface area (Å²) in [6, 6.07) is 3.30. The van der Waals surface area contributed by atoms with Crippen molar-refractivity contribution in [3.63, 3.8) is 0 Å². The zero-order valence-electron chi connectivity index (χ0n) is 18.8. The molecule has 0 saturated heterocycles. The number of carbonyl (C=O) groups excluding carboxylic acids is 1. The predicted molar refractivity (Wildman–Crippen MR) is 135 cm³/mol. The molecule has 1 atom stereocenters. The molecular formula is C22H26Cl3N7O2. The largest absolute Gasteiger partial charge is 0.383 e. The van der Waals surface area contributed by atoms with E-state index in [0.717, 1.165) is 12.8 Å². The number of anilines is 3. The molecule has 0 radical (unpaired) electrons. The van der Waals surface area contributed by atoms with Gasteiger partial charge in [-0.1, -0.05) is 34.8 Å². The molecule has 4 N–H and O–H groups in total. The Bertz CT molecular complexity index is 1170. The number of imidazole rings is 1. The molecule has 34 heavy (non-hydrogen) atoms. The minimum absolute atomic E-state index is 0.0223. The molecule has 0 spiro atoms. The lowest BCUT2D eigenvalue weighted by atomic mass is 9.85. The van der Waals surface area contributed by atoms with Crippen molar-refractivity contribution in [2.24, 2.45) is 11.7 Å². The monoisotopic (exact) mass is 525 g/mol. The van der Waals surface area contributed by atoms with Crippen LogP contribution in [0.1, 0.15) is 38.6 Å². The molecule has 1 amide bonds. The fourth-order valence-corrected chi connectivity index (χ4v) is 5.21. The van der Waals surface area contributed by atoms with Crippen molar-refractivity contribution in [3.05, 3.63) is 33.4 Å². The topological polar surface area (TPSA) is 120 Å². The minimum Gasteiger partial charge on any atom is -0.383 e. The van der Waals surface area contributed by atoms with Gasteiger partial charge in [0.25, 0.3) is 0 Å². The highest BCUT2D eigenvalue weighted by molar-refractivity contribution is 6.41. The number of halogens is 3. The Balaban J connectivity index is 1.75. The maximum absolute atomic E-state index is 11.7. The van der Waals surface area contributed by atoms with Crippen LogP contribution in [0.15, 0.2) is 18.3 Å². The van der Waals surface area contributed by atoms with Crippen molar-refractivity contribution in [1.82, 2.24) is 19.5 Å². The number of benzene rings is 1. The summed E-state index contributed by atoms with van der Waals surface area (Å²) in [6.07, 6.45) is 4.57. The Morgan fingerprint density at radius 3 is 2.50 bits per heavy atom. The summed E-state index contributed by atoms with van der Waals surface area (Å²) >= 11 is 18.9. The number of hydrogen-bond donors (Lipinski definition) is 3. The number of carbonyl (C=O) groups is 1. The van der Waals surface area contributed by atoms with Crippen LogP contribution >= 0.6 is 34.8 Å². The summed E-state index contributed by atoms with van der Waals surface area (Å²) in [4.78, 5) is 25.6. The molecule has 2 heterocycles. The number of methoxy groups -OCH3 is 1. The lowest BCUT2D eigenvalue weighted by Gasteiger charge is -2.29. The van der Waals surface area contributed by atoms with Crippen LogP contribution in [0.4, 0.5) is 17.6 Å². The number of amides is 1. The van der Waals surface area contributed by atoms with E-state index >= 15 is 0 Å². The maximum atomic E-state index is 11.7. The first kappa shape index (κ1) is 24.8. The Hall–Kier alpha value is -2.33. The Labute approximate surface area is 212 Å². The van der Waals surface area contributed by atoms with Gasteiger partial charge in [-0.25, -0.2) is 9.97 Å². The number of rotatable bonds is 8.